The van der Waals surface area contributed by atoms with Crippen molar-refractivity contribution < 1.29 is 18.3 Å². The lowest BCUT2D eigenvalue weighted by molar-refractivity contribution is -0.137. The lowest BCUT2D eigenvalue weighted by atomic mass is 9.95. The number of aliphatic hydroxyl groups excluding tert-OH is 1. The molecule has 2 aromatic heterocycles. The standard InChI is InChI=1S/C16H19F3N4O/c17-16(18,19)13-3-5-20-15(10-13)22-6-1-2-12(11-22)14-4-7-23(21-14)8-9-24/h3-5,7,10,12,24H,1-2,6,8-9,11H2/t12-/m0/s1. The van der Waals surface area contributed by atoms with Gasteiger partial charge in [0.05, 0.1) is 24.4 Å². The Balaban J connectivity index is 1.75. The molecule has 1 saturated heterocycles. The van der Waals surface area contributed by atoms with Gasteiger partial charge in [-0.1, -0.05) is 0 Å². The van der Waals surface area contributed by atoms with Gasteiger partial charge in [-0.3, -0.25) is 4.68 Å². The minimum Gasteiger partial charge on any atom is -0.394 e. The van der Waals surface area contributed by atoms with Crippen LogP contribution in [0.2, 0.25) is 0 Å². The fourth-order valence-corrected chi connectivity index (χ4v) is 3.02. The van der Waals surface area contributed by atoms with E-state index in [2.05, 4.69) is 10.1 Å². The van der Waals surface area contributed by atoms with Gasteiger partial charge in [0.25, 0.3) is 0 Å². The molecular weight excluding hydrogens is 321 g/mol. The van der Waals surface area contributed by atoms with Crippen molar-refractivity contribution >= 4 is 5.82 Å². The molecule has 1 aliphatic rings. The minimum absolute atomic E-state index is 0.0199. The van der Waals surface area contributed by atoms with Gasteiger partial charge in [-0.15, -0.1) is 0 Å². The Morgan fingerprint density at radius 1 is 1.29 bits per heavy atom. The number of hydrogen-bond acceptors (Lipinski definition) is 4. The van der Waals surface area contributed by atoms with Crippen LogP contribution in [0.15, 0.2) is 30.6 Å². The summed E-state index contributed by atoms with van der Waals surface area (Å²) in [4.78, 5) is 5.99. The summed E-state index contributed by atoms with van der Waals surface area (Å²) in [6, 6.07) is 4.00. The fourth-order valence-electron chi connectivity index (χ4n) is 3.02. The van der Waals surface area contributed by atoms with Crippen LogP contribution in [0.4, 0.5) is 19.0 Å². The number of aliphatic hydroxyl groups is 1. The lowest BCUT2D eigenvalue weighted by Crippen LogP contribution is -2.35. The molecule has 2 aromatic rings. The molecule has 0 spiro atoms. The number of anilines is 1. The normalized spacial score (nSPS) is 18.8. The van der Waals surface area contributed by atoms with Crippen LogP contribution in [0.3, 0.4) is 0 Å². The quantitative estimate of drug-likeness (QED) is 0.930. The predicted octanol–water partition coefficient (Wildman–Crippen LogP) is 2.67. The van der Waals surface area contributed by atoms with Crippen molar-refractivity contribution in [2.24, 2.45) is 0 Å². The molecule has 0 aliphatic carbocycles. The third-order valence-electron chi connectivity index (χ3n) is 4.23. The van der Waals surface area contributed by atoms with Crippen LogP contribution in [0.5, 0.6) is 0 Å². The Bertz CT molecular complexity index is 686. The Morgan fingerprint density at radius 3 is 2.88 bits per heavy atom. The van der Waals surface area contributed by atoms with E-state index in [1.54, 1.807) is 4.68 Å². The lowest BCUT2D eigenvalue weighted by Gasteiger charge is -2.33. The second-order valence-electron chi connectivity index (χ2n) is 5.91. The summed E-state index contributed by atoms with van der Waals surface area (Å²) in [7, 11) is 0. The van der Waals surface area contributed by atoms with E-state index in [9.17, 15) is 13.2 Å². The first-order chi connectivity index (χ1) is 11.5. The van der Waals surface area contributed by atoms with Crippen molar-refractivity contribution in [3.8, 4) is 0 Å². The highest BCUT2D eigenvalue weighted by Crippen LogP contribution is 2.33. The van der Waals surface area contributed by atoms with E-state index < -0.39 is 11.7 Å². The predicted molar refractivity (Wildman–Crippen MR) is 82.7 cm³/mol. The molecule has 0 amide bonds. The van der Waals surface area contributed by atoms with Crippen molar-refractivity contribution in [1.82, 2.24) is 14.8 Å². The summed E-state index contributed by atoms with van der Waals surface area (Å²) in [5.74, 6) is 0.499. The minimum atomic E-state index is -4.37. The van der Waals surface area contributed by atoms with Gasteiger partial charge in [-0.2, -0.15) is 18.3 Å². The second-order valence-corrected chi connectivity index (χ2v) is 5.91. The van der Waals surface area contributed by atoms with Crippen LogP contribution < -0.4 is 4.90 Å². The first-order valence-corrected chi connectivity index (χ1v) is 7.90. The molecule has 130 valence electrons. The molecule has 1 N–H and O–H groups in total. The van der Waals surface area contributed by atoms with Gasteiger partial charge in [0.15, 0.2) is 0 Å². The number of halogens is 3. The van der Waals surface area contributed by atoms with Crippen molar-refractivity contribution in [2.75, 3.05) is 24.6 Å². The third kappa shape index (κ3) is 3.69. The van der Waals surface area contributed by atoms with Gasteiger partial charge in [-0.05, 0) is 31.0 Å². The van der Waals surface area contributed by atoms with Gasteiger partial charge in [0.1, 0.15) is 5.82 Å². The maximum Gasteiger partial charge on any atom is 0.416 e. The summed E-state index contributed by atoms with van der Waals surface area (Å²) in [6.07, 6.45) is 0.460. The summed E-state index contributed by atoms with van der Waals surface area (Å²) in [5.41, 5.74) is 0.224. The third-order valence-corrected chi connectivity index (χ3v) is 4.23. The first kappa shape index (κ1) is 16.8. The molecule has 0 radical (unpaired) electrons. The maximum atomic E-state index is 12.9. The van der Waals surface area contributed by atoms with Crippen LogP contribution in [-0.4, -0.2) is 39.6 Å². The molecular formula is C16H19F3N4O. The molecule has 0 unspecified atom stereocenters. The topological polar surface area (TPSA) is 54.2 Å². The van der Waals surface area contributed by atoms with E-state index in [4.69, 9.17) is 5.11 Å². The smallest absolute Gasteiger partial charge is 0.394 e. The van der Waals surface area contributed by atoms with Gasteiger partial charge in [0, 0.05) is 31.4 Å². The van der Waals surface area contributed by atoms with Crippen LogP contribution >= 0.6 is 0 Å². The summed E-state index contributed by atoms with van der Waals surface area (Å²) in [6.45, 7) is 1.73. The van der Waals surface area contributed by atoms with Crippen LogP contribution in [0.25, 0.3) is 0 Å². The Labute approximate surface area is 137 Å². The number of aromatic nitrogens is 3. The van der Waals surface area contributed by atoms with Crippen molar-refractivity contribution in [3.63, 3.8) is 0 Å². The summed E-state index contributed by atoms with van der Waals surface area (Å²) < 4.78 is 40.3. The second kappa shape index (κ2) is 6.80. The van der Waals surface area contributed by atoms with Crippen LogP contribution in [0.1, 0.15) is 30.0 Å². The zero-order valence-electron chi connectivity index (χ0n) is 13.1. The highest BCUT2D eigenvalue weighted by Gasteiger charge is 2.32. The van der Waals surface area contributed by atoms with Crippen LogP contribution in [-0.2, 0) is 12.7 Å². The van der Waals surface area contributed by atoms with Crippen molar-refractivity contribution in [2.45, 2.75) is 31.5 Å². The average molecular weight is 340 g/mol. The molecule has 3 heterocycles. The zero-order chi connectivity index (χ0) is 17.2. The van der Waals surface area contributed by atoms with E-state index in [0.29, 0.717) is 25.5 Å². The van der Waals surface area contributed by atoms with Gasteiger partial charge >= 0.3 is 6.18 Å². The van der Waals surface area contributed by atoms with E-state index in [1.165, 1.54) is 6.20 Å². The largest absolute Gasteiger partial charge is 0.416 e. The highest BCUT2D eigenvalue weighted by molar-refractivity contribution is 5.43. The van der Waals surface area contributed by atoms with E-state index in [-0.39, 0.29) is 12.5 Å². The summed E-state index contributed by atoms with van der Waals surface area (Å²) in [5, 5.41) is 13.4. The Kier molecular flexibility index (Phi) is 4.75. The number of pyridine rings is 1. The fraction of sp³-hybridized carbons (Fsp3) is 0.500. The number of piperidine rings is 1. The van der Waals surface area contributed by atoms with E-state index in [0.717, 1.165) is 30.7 Å². The molecule has 24 heavy (non-hydrogen) atoms. The molecule has 3 rings (SSSR count). The molecule has 0 saturated carbocycles. The Hall–Kier alpha value is -2.09. The monoisotopic (exact) mass is 340 g/mol. The number of rotatable bonds is 4. The van der Waals surface area contributed by atoms with Gasteiger partial charge < -0.3 is 10.0 Å². The number of nitrogens with zero attached hydrogens (tertiary/aromatic N) is 4. The van der Waals surface area contributed by atoms with Crippen molar-refractivity contribution in [1.29, 1.82) is 0 Å². The van der Waals surface area contributed by atoms with E-state index in [1.807, 2.05) is 17.2 Å². The zero-order valence-corrected chi connectivity index (χ0v) is 13.1. The van der Waals surface area contributed by atoms with Crippen LogP contribution in [0, 0.1) is 0 Å². The van der Waals surface area contributed by atoms with Crippen molar-refractivity contribution in [3.05, 3.63) is 41.9 Å². The van der Waals surface area contributed by atoms with Gasteiger partial charge in [-0.25, -0.2) is 4.98 Å². The SMILES string of the molecule is OCCn1ccc([C@H]2CCCN(c3cc(C(F)(F)F)ccn3)C2)n1. The van der Waals surface area contributed by atoms with E-state index >= 15 is 0 Å². The highest BCUT2D eigenvalue weighted by atomic mass is 19.4. The summed E-state index contributed by atoms with van der Waals surface area (Å²) >= 11 is 0. The van der Waals surface area contributed by atoms with Gasteiger partial charge in [0.2, 0.25) is 0 Å². The number of alkyl halides is 3. The molecule has 0 aromatic carbocycles. The molecule has 1 fully saturated rings. The Morgan fingerprint density at radius 2 is 2.12 bits per heavy atom. The molecule has 5 nitrogen and oxygen atoms in total. The molecule has 1 aliphatic heterocycles. The average Bonchev–Trinajstić information content (AvgIpc) is 3.03. The molecule has 8 heteroatoms. The first-order valence-electron chi connectivity index (χ1n) is 7.90. The number of hydrogen-bond donors (Lipinski definition) is 1. The molecule has 0 bridgehead atoms. The maximum absolute atomic E-state index is 12.9. The molecule has 1 atom stereocenters.